The molecule has 3 nitrogen and oxygen atoms in total. The standard InChI is InChI=1S/C21H21F3N2O/c22-21(23,24)19-14-17(15-25)6-7-20(19)26-11-8-18(9-12-26)27-13-10-16-4-2-1-3-5-16/h1-7,14,18H,8-13H2. The van der Waals surface area contributed by atoms with Crippen LogP contribution in [0.25, 0.3) is 0 Å². The van der Waals surface area contributed by atoms with Gasteiger partial charge in [0.05, 0.1) is 29.9 Å². The molecular weight excluding hydrogens is 353 g/mol. The van der Waals surface area contributed by atoms with Crippen molar-refractivity contribution in [2.45, 2.75) is 31.5 Å². The van der Waals surface area contributed by atoms with Gasteiger partial charge < -0.3 is 9.64 Å². The van der Waals surface area contributed by atoms with Crippen LogP contribution < -0.4 is 4.90 Å². The molecule has 1 heterocycles. The molecule has 0 unspecified atom stereocenters. The van der Waals surface area contributed by atoms with Crippen molar-refractivity contribution in [3.05, 3.63) is 65.2 Å². The molecule has 2 aromatic rings. The lowest BCUT2D eigenvalue weighted by molar-refractivity contribution is -0.137. The van der Waals surface area contributed by atoms with E-state index in [1.54, 1.807) is 11.0 Å². The number of hydrogen-bond acceptors (Lipinski definition) is 3. The Morgan fingerprint density at radius 1 is 1.07 bits per heavy atom. The number of benzene rings is 2. The van der Waals surface area contributed by atoms with Gasteiger partial charge in [0.2, 0.25) is 0 Å². The fourth-order valence-corrected chi connectivity index (χ4v) is 3.36. The summed E-state index contributed by atoms with van der Waals surface area (Å²) in [5.41, 5.74) is 0.627. The van der Waals surface area contributed by atoms with Crippen molar-refractivity contribution in [2.75, 3.05) is 24.6 Å². The van der Waals surface area contributed by atoms with E-state index in [0.29, 0.717) is 32.5 Å². The largest absolute Gasteiger partial charge is 0.418 e. The summed E-state index contributed by atoms with van der Waals surface area (Å²) < 4.78 is 46.0. The van der Waals surface area contributed by atoms with Gasteiger partial charge in [-0.15, -0.1) is 0 Å². The van der Waals surface area contributed by atoms with Crippen LogP contribution >= 0.6 is 0 Å². The summed E-state index contributed by atoms with van der Waals surface area (Å²) in [5.74, 6) is 0. The third-order valence-corrected chi connectivity index (χ3v) is 4.80. The Morgan fingerprint density at radius 2 is 1.78 bits per heavy atom. The van der Waals surface area contributed by atoms with Crippen molar-refractivity contribution in [3.63, 3.8) is 0 Å². The number of rotatable bonds is 5. The maximum Gasteiger partial charge on any atom is 0.418 e. The molecule has 0 radical (unpaired) electrons. The van der Waals surface area contributed by atoms with Gasteiger partial charge in [-0.3, -0.25) is 0 Å². The predicted molar refractivity (Wildman–Crippen MR) is 97.5 cm³/mol. The van der Waals surface area contributed by atoms with Gasteiger partial charge in [-0.25, -0.2) is 0 Å². The average Bonchev–Trinajstić information content (AvgIpc) is 2.68. The smallest absolute Gasteiger partial charge is 0.378 e. The summed E-state index contributed by atoms with van der Waals surface area (Å²) in [5, 5.41) is 8.88. The molecule has 2 aromatic carbocycles. The molecule has 142 valence electrons. The molecule has 1 saturated heterocycles. The van der Waals surface area contributed by atoms with Gasteiger partial charge in [-0.1, -0.05) is 30.3 Å². The number of nitriles is 1. The third-order valence-electron chi connectivity index (χ3n) is 4.80. The van der Waals surface area contributed by atoms with Crippen molar-refractivity contribution in [2.24, 2.45) is 0 Å². The Bertz CT molecular complexity index is 791. The summed E-state index contributed by atoms with van der Waals surface area (Å²) >= 11 is 0. The zero-order chi connectivity index (χ0) is 19.3. The Labute approximate surface area is 157 Å². The van der Waals surface area contributed by atoms with Crippen LogP contribution in [0.5, 0.6) is 0 Å². The van der Waals surface area contributed by atoms with E-state index < -0.39 is 11.7 Å². The highest BCUT2D eigenvalue weighted by Crippen LogP contribution is 2.38. The van der Waals surface area contributed by atoms with Crippen LogP contribution in [0.3, 0.4) is 0 Å². The molecule has 0 aliphatic carbocycles. The zero-order valence-electron chi connectivity index (χ0n) is 14.9. The lowest BCUT2D eigenvalue weighted by Crippen LogP contribution is -2.38. The van der Waals surface area contributed by atoms with Gasteiger partial charge in [0.15, 0.2) is 0 Å². The molecule has 3 rings (SSSR count). The molecule has 6 heteroatoms. The lowest BCUT2D eigenvalue weighted by atomic mass is 10.0. The predicted octanol–water partition coefficient (Wildman–Crippen LogP) is 4.81. The highest BCUT2D eigenvalue weighted by Gasteiger charge is 2.36. The monoisotopic (exact) mass is 374 g/mol. The van der Waals surface area contributed by atoms with Gasteiger partial charge in [-0.2, -0.15) is 18.4 Å². The number of hydrogen-bond donors (Lipinski definition) is 0. The van der Waals surface area contributed by atoms with Gasteiger partial charge in [0, 0.05) is 18.8 Å². The molecule has 1 aliphatic rings. The highest BCUT2D eigenvalue weighted by atomic mass is 19.4. The van der Waals surface area contributed by atoms with E-state index in [-0.39, 0.29) is 17.4 Å². The molecule has 0 spiro atoms. The van der Waals surface area contributed by atoms with Crippen molar-refractivity contribution in [1.29, 1.82) is 5.26 Å². The maximum absolute atomic E-state index is 13.4. The molecular formula is C21H21F3N2O. The minimum Gasteiger partial charge on any atom is -0.378 e. The van der Waals surface area contributed by atoms with Crippen molar-refractivity contribution >= 4 is 5.69 Å². The molecule has 0 saturated carbocycles. The Hall–Kier alpha value is -2.52. The highest BCUT2D eigenvalue weighted by molar-refractivity contribution is 5.58. The minimum absolute atomic E-state index is 0.0187. The number of nitrogens with zero attached hydrogens (tertiary/aromatic N) is 2. The second-order valence-electron chi connectivity index (χ2n) is 6.63. The van der Waals surface area contributed by atoms with Gasteiger partial charge >= 0.3 is 6.18 Å². The molecule has 1 fully saturated rings. The fraction of sp³-hybridized carbons (Fsp3) is 0.381. The first-order valence-electron chi connectivity index (χ1n) is 8.99. The van der Waals surface area contributed by atoms with E-state index in [4.69, 9.17) is 10.00 Å². The average molecular weight is 374 g/mol. The van der Waals surface area contributed by atoms with E-state index in [1.807, 2.05) is 18.2 Å². The van der Waals surface area contributed by atoms with Gasteiger partial charge in [-0.05, 0) is 43.0 Å². The zero-order valence-corrected chi connectivity index (χ0v) is 14.9. The summed E-state index contributed by atoms with van der Waals surface area (Å²) in [6, 6.07) is 15.6. The van der Waals surface area contributed by atoms with Crippen molar-refractivity contribution < 1.29 is 17.9 Å². The quantitative estimate of drug-likeness (QED) is 0.754. The second kappa shape index (κ2) is 8.45. The first-order valence-corrected chi connectivity index (χ1v) is 8.99. The van der Waals surface area contributed by atoms with Gasteiger partial charge in [0.1, 0.15) is 0 Å². The van der Waals surface area contributed by atoms with Crippen LogP contribution in [-0.2, 0) is 17.3 Å². The minimum atomic E-state index is -4.48. The number of ether oxygens (including phenoxy) is 1. The summed E-state index contributed by atoms with van der Waals surface area (Å²) in [7, 11) is 0. The summed E-state index contributed by atoms with van der Waals surface area (Å²) in [6.07, 6.45) is -2.21. The first-order chi connectivity index (χ1) is 13.0. The van der Waals surface area contributed by atoms with Crippen LogP contribution in [0.15, 0.2) is 48.5 Å². The Kier molecular flexibility index (Phi) is 6.02. The van der Waals surface area contributed by atoms with E-state index in [9.17, 15) is 13.2 Å². The molecule has 27 heavy (non-hydrogen) atoms. The van der Waals surface area contributed by atoms with Crippen LogP contribution in [0.4, 0.5) is 18.9 Å². The van der Waals surface area contributed by atoms with E-state index in [0.717, 1.165) is 12.5 Å². The van der Waals surface area contributed by atoms with Crippen molar-refractivity contribution in [1.82, 2.24) is 0 Å². The first kappa shape index (κ1) is 19.2. The number of alkyl halides is 3. The Morgan fingerprint density at radius 3 is 2.41 bits per heavy atom. The summed E-state index contributed by atoms with van der Waals surface area (Å²) in [4.78, 5) is 1.74. The van der Waals surface area contributed by atoms with E-state index in [2.05, 4.69) is 12.1 Å². The SMILES string of the molecule is N#Cc1ccc(N2CCC(OCCc3ccccc3)CC2)c(C(F)(F)F)c1. The lowest BCUT2D eigenvalue weighted by Gasteiger charge is -2.35. The van der Waals surface area contributed by atoms with Crippen LogP contribution in [0.1, 0.15) is 29.5 Å². The number of piperidine rings is 1. The molecule has 1 aliphatic heterocycles. The normalized spacial score (nSPS) is 15.6. The molecule has 0 bridgehead atoms. The fourth-order valence-electron chi connectivity index (χ4n) is 3.36. The van der Waals surface area contributed by atoms with Crippen LogP contribution in [0, 0.1) is 11.3 Å². The second-order valence-corrected chi connectivity index (χ2v) is 6.63. The van der Waals surface area contributed by atoms with Crippen LogP contribution in [0.2, 0.25) is 0 Å². The molecule has 0 amide bonds. The number of halogens is 3. The Balaban J connectivity index is 1.57. The summed E-state index contributed by atoms with van der Waals surface area (Å²) in [6.45, 7) is 1.62. The molecule has 0 N–H and O–H groups in total. The van der Waals surface area contributed by atoms with Crippen molar-refractivity contribution in [3.8, 4) is 6.07 Å². The van der Waals surface area contributed by atoms with E-state index in [1.165, 1.54) is 17.7 Å². The molecule has 0 aromatic heterocycles. The third kappa shape index (κ3) is 5.01. The number of anilines is 1. The topological polar surface area (TPSA) is 36.3 Å². The maximum atomic E-state index is 13.4. The molecule has 0 atom stereocenters. The van der Waals surface area contributed by atoms with Gasteiger partial charge in [0.25, 0.3) is 0 Å². The van der Waals surface area contributed by atoms with E-state index >= 15 is 0 Å². The van der Waals surface area contributed by atoms with Crippen LogP contribution in [-0.4, -0.2) is 25.8 Å².